The largest absolute Gasteiger partial charge is 0.398 e. The second kappa shape index (κ2) is 7.43. The summed E-state index contributed by atoms with van der Waals surface area (Å²) < 4.78 is 5.34. The Hall–Kier alpha value is -1.59. The Morgan fingerprint density at radius 3 is 2.71 bits per heavy atom. The molecule has 1 heterocycles. The number of rotatable bonds is 5. The lowest BCUT2D eigenvalue weighted by molar-refractivity contribution is 0.0343. The molecular weight excluding hydrogens is 266 g/mol. The van der Waals surface area contributed by atoms with Crippen molar-refractivity contribution in [3.05, 3.63) is 29.3 Å². The Bertz CT molecular complexity index is 482. The van der Waals surface area contributed by atoms with Gasteiger partial charge in [0.1, 0.15) is 0 Å². The van der Waals surface area contributed by atoms with E-state index < -0.39 is 0 Å². The minimum atomic E-state index is -0.0617. The standard InChI is InChI=1S/C16H25N3O2/c1-12(2)10-18-16(20)13-3-4-14(15(17)9-13)11-19-5-7-21-8-6-19/h3-4,9,12H,5-8,10-11,17H2,1-2H3,(H,18,20). The van der Waals surface area contributed by atoms with E-state index in [1.54, 1.807) is 6.07 Å². The average molecular weight is 291 g/mol. The summed E-state index contributed by atoms with van der Waals surface area (Å²) in [6.45, 7) is 9.02. The third-order valence-electron chi connectivity index (χ3n) is 3.58. The monoisotopic (exact) mass is 291 g/mol. The van der Waals surface area contributed by atoms with Crippen LogP contribution in [0, 0.1) is 5.92 Å². The molecule has 0 saturated carbocycles. The third-order valence-corrected chi connectivity index (χ3v) is 3.58. The molecule has 1 amide bonds. The lowest BCUT2D eigenvalue weighted by Crippen LogP contribution is -2.35. The van der Waals surface area contributed by atoms with Crippen LogP contribution in [0.2, 0.25) is 0 Å². The van der Waals surface area contributed by atoms with Gasteiger partial charge >= 0.3 is 0 Å². The van der Waals surface area contributed by atoms with Gasteiger partial charge < -0.3 is 15.8 Å². The summed E-state index contributed by atoms with van der Waals surface area (Å²) in [7, 11) is 0. The van der Waals surface area contributed by atoms with E-state index in [4.69, 9.17) is 10.5 Å². The van der Waals surface area contributed by atoms with Gasteiger partial charge in [-0.3, -0.25) is 9.69 Å². The number of carbonyl (C=O) groups excluding carboxylic acids is 1. The fraction of sp³-hybridized carbons (Fsp3) is 0.562. The van der Waals surface area contributed by atoms with Gasteiger partial charge in [-0.2, -0.15) is 0 Å². The fourth-order valence-corrected chi connectivity index (χ4v) is 2.28. The molecule has 0 unspecified atom stereocenters. The van der Waals surface area contributed by atoms with Crippen LogP contribution in [0.3, 0.4) is 0 Å². The minimum absolute atomic E-state index is 0.0617. The first-order chi connectivity index (χ1) is 10.1. The lowest BCUT2D eigenvalue weighted by atomic mass is 10.1. The van der Waals surface area contributed by atoms with Crippen molar-refractivity contribution in [3.8, 4) is 0 Å². The minimum Gasteiger partial charge on any atom is -0.398 e. The molecule has 0 radical (unpaired) electrons. The van der Waals surface area contributed by atoms with Gasteiger partial charge in [-0.15, -0.1) is 0 Å². The van der Waals surface area contributed by atoms with Crippen molar-refractivity contribution in [1.82, 2.24) is 10.2 Å². The third kappa shape index (κ3) is 4.72. The van der Waals surface area contributed by atoms with Gasteiger partial charge in [0.05, 0.1) is 13.2 Å². The summed E-state index contributed by atoms with van der Waals surface area (Å²) >= 11 is 0. The molecule has 1 aromatic rings. The number of hydrogen-bond acceptors (Lipinski definition) is 4. The smallest absolute Gasteiger partial charge is 0.251 e. The second-order valence-electron chi connectivity index (χ2n) is 5.91. The van der Waals surface area contributed by atoms with Gasteiger partial charge in [-0.05, 0) is 23.6 Å². The quantitative estimate of drug-likeness (QED) is 0.807. The first kappa shape index (κ1) is 15.8. The van der Waals surface area contributed by atoms with E-state index in [1.807, 2.05) is 12.1 Å². The molecule has 0 atom stereocenters. The number of amides is 1. The van der Waals surface area contributed by atoms with Crippen LogP contribution in [-0.4, -0.2) is 43.7 Å². The number of nitrogens with two attached hydrogens (primary N) is 1. The molecule has 5 nitrogen and oxygen atoms in total. The highest BCUT2D eigenvalue weighted by molar-refractivity contribution is 5.95. The van der Waals surface area contributed by atoms with Crippen LogP contribution in [0.4, 0.5) is 5.69 Å². The van der Waals surface area contributed by atoms with Gasteiger partial charge in [0.2, 0.25) is 0 Å². The number of nitrogens with one attached hydrogen (secondary N) is 1. The molecular formula is C16H25N3O2. The molecule has 1 aromatic carbocycles. The predicted molar refractivity (Wildman–Crippen MR) is 84.1 cm³/mol. The Morgan fingerprint density at radius 1 is 1.38 bits per heavy atom. The molecule has 0 spiro atoms. The maximum atomic E-state index is 12.0. The maximum absolute atomic E-state index is 12.0. The van der Waals surface area contributed by atoms with Crippen molar-refractivity contribution in [3.63, 3.8) is 0 Å². The Balaban J connectivity index is 1.97. The highest BCUT2D eigenvalue weighted by Crippen LogP contribution is 2.17. The van der Waals surface area contributed by atoms with Crippen LogP contribution in [-0.2, 0) is 11.3 Å². The van der Waals surface area contributed by atoms with Crippen molar-refractivity contribution < 1.29 is 9.53 Å². The normalized spacial score (nSPS) is 16.1. The number of morpholine rings is 1. The van der Waals surface area contributed by atoms with Crippen LogP contribution in [0.1, 0.15) is 29.8 Å². The SMILES string of the molecule is CC(C)CNC(=O)c1ccc(CN2CCOCC2)c(N)c1. The van der Waals surface area contributed by atoms with Gasteiger partial charge in [0.25, 0.3) is 5.91 Å². The maximum Gasteiger partial charge on any atom is 0.251 e. The average Bonchev–Trinajstić information content (AvgIpc) is 2.48. The molecule has 5 heteroatoms. The summed E-state index contributed by atoms with van der Waals surface area (Å²) in [4.78, 5) is 14.3. The summed E-state index contributed by atoms with van der Waals surface area (Å²) in [5, 5.41) is 2.91. The zero-order valence-corrected chi connectivity index (χ0v) is 12.9. The van der Waals surface area contributed by atoms with Crippen LogP contribution >= 0.6 is 0 Å². The molecule has 1 fully saturated rings. The van der Waals surface area contributed by atoms with Crippen LogP contribution in [0.15, 0.2) is 18.2 Å². The van der Waals surface area contributed by atoms with E-state index in [-0.39, 0.29) is 5.91 Å². The topological polar surface area (TPSA) is 67.6 Å². The van der Waals surface area contributed by atoms with Crippen molar-refractivity contribution in [2.45, 2.75) is 20.4 Å². The van der Waals surface area contributed by atoms with Crippen molar-refractivity contribution in [2.75, 3.05) is 38.6 Å². The molecule has 0 aromatic heterocycles. The van der Waals surface area contributed by atoms with E-state index in [9.17, 15) is 4.79 Å². The molecule has 1 saturated heterocycles. The van der Waals surface area contributed by atoms with Gasteiger partial charge in [-0.1, -0.05) is 19.9 Å². The van der Waals surface area contributed by atoms with Crippen LogP contribution in [0.5, 0.6) is 0 Å². The summed E-state index contributed by atoms with van der Waals surface area (Å²) in [5.74, 6) is 0.375. The predicted octanol–water partition coefficient (Wildman–Crippen LogP) is 1.49. The molecule has 116 valence electrons. The van der Waals surface area contributed by atoms with Crippen molar-refractivity contribution >= 4 is 11.6 Å². The molecule has 1 aliphatic heterocycles. The van der Waals surface area contributed by atoms with Gasteiger partial charge in [-0.25, -0.2) is 0 Å². The molecule has 0 bridgehead atoms. The summed E-state index contributed by atoms with van der Waals surface area (Å²) in [5.41, 5.74) is 8.46. The second-order valence-corrected chi connectivity index (χ2v) is 5.91. The van der Waals surface area contributed by atoms with E-state index >= 15 is 0 Å². The van der Waals surface area contributed by atoms with E-state index in [2.05, 4.69) is 24.1 Å². The zero-order chi connectivity index (χ0) is 15.2. The Morgan fingerprint density at radius 2 is 2.10 bits per heavy atom. The Kier molecular flexibility index (Phi) is 5.59. The number of benzene rings is 1. The summed E-state index contributed by atoms with van der Waals surface area (Å²) in [6.07, 6.45) is 0. The van der Waals surface area contributed by atoms with Gasteiger partial charge in [0.15, 0.2) is 0 Å². The van der Waals surface area contributed by atoms with Crippen LogP contribution < -0.4 is 11.1 Å². The zero-order valence-electron chi connectivity index (χ0n) is 12.9. The van der Waals surface area contributed by atoms with Crippen molar-refractivity contribution in [1.29, 1.82) is 0 Å². The van der Waals surface area contributed by atoms with Gasteiger partial charge in [0, 0.05) is 37.4 Å². The molecule has 3 N–H and O–H groups in total. The number of carbonyl (C=O) groups is 1. The highest BCUT2D eigenvalue weighted by atomic mass is 16.5. The number of nitrogen functional groups attached to an aromatic ring is 1. The van der Waals surface area contributed by atoms with Crippen LogP contribution in [0.25, 0.3) is 0 Å². The fourth-order valence-electron chi connectivity index (χ4n) is 2.28. The molecule has 1 aliphatic rings. The molecule has 2 rings (SSSR count). The summed E-state index contributed by atoms with van der Waals surface area (Å²) in [6, 6.07) is 5.57. The first-order valence-electron chi connectivity index (χ1n) is 7.53. The van der Waals surface area contributed by atoms with Crippen molar-refractivity contribution in [2.24, 2.45) is 5.92 Å². The highest BCUT2D eigenvalue weighted by Gasteiger charge is 2.13. The molecule has 0 aliphatic carbocycles. The lowest BCUT2D eigenvalue weighted by Gasteiger charge is -2.27. The van der Waals surface area contributed by atoms with E-state index in [0.717, 1.165) is 38.4 Å². The molecule has 21 heavy (non-hydrogen) atoms. The number of ether oxygens (including phenoxy) is 1. The number of hydrogen-bond donors (Lipinski definition) is 2. The van der Waals surface area contributed by atoms with E-state index in [1.165, 1.54) is 0 Å². The first-order valence-corrected chi connectivity index (χ1v) is 7.53. The Labute approximate surface area is 126 Å². The number of anilines is 1. The number of nitrogens with zero attached hydrogens (tertiary/aromatic N) is 1. The van der Waals surface area contributed by atoms with E-state index in [0.29, 0.717) is 23.7 Å².